The molecule has 8 heteroatoms. The minimum Gasteiger partial charge on any atom is -0.488 e. The van der Waals surface area contributed by atoms with Gasteiger partial charge in [-0.1, -0.05) is 35.9 Å². The topological polar surface area (TPSA) is 56.6 Å². The van der Waals surface area contributed by atoms with Gasteiger partial charge < -0.3 is 9.47 Å². The van der Waals surface area contributed by atoms with Gasteiger partial charge in [0.15, 0.2) is 12.4 Å². The Hall–Kier alpha value is -3.42. The highest BCUT2D eigenvalue weighted by molar-refractivity contribution is 5.82. The third kappa shape index (κ3) is 4.94. The van der Waals surface area contributed by atoms with E-state index in [9.17, 15) is 13.2 Å². The third-order valence-electron chi connectivity index (χ3n) is 4.57. The normalized spacial score (nSPS) is 17.8. The summed E-state index contributed by atoms with van der Waals surface area (Å²) in [5.41, 5.74) is 1.53. The summed E-state index contributed by atoms with van der Waals surface area (Å²) in [5, 5.41) is 0. The second-order valence-corrected chi connectivity index (χ2v) is 6.81. The summed E-state index contributed by atoms with van der Waals surface area (Å²) in [6, 6.07) is 6.37. The number of allylic oxidation sites excluding steroid dienone is 4. The fourth-order valence-corrected chi connectivity index (χ4v) is 3.09. The minimum absolute atomic E-state index is 0.169. The number of ether oxygens (including phenoxy) is 2. The highest BCUT2D eigenvalue weighted by Gasteiger charge is 2.30. The van der Waals surface area contributed by atoms with Crippen LogP contribution in [-0.4, -0.2) is 22.5 Å². The molecule has 30 heavy (non-hydrogen) atoms. The van der Waals surface area contributed by atoms with Crippen LogP contribution in [0.15, 0.2) is 77.5 Å². The van der Waals surface area contributed by atoms with E-state index in [1.54, 1.807) is 12.3 Å². The first-order chi connectivity index (χ1) is 14.5. The van der Waals surface area contributed by atoms with Crippen LogP contribution in [0, 0.1) is 0 Å². The van der Waals surface area contributed by atoms with Crippen LogP contribution in [0.3, 0.4) is 0 Å². The zero-order valence-electron chi connectivity index (χ0n) is 15.9. The minimum atomic E-state index is -4.38. The second kappa shape index (κ2) is 8.52. The predicted molar refractivity (Wildman–Crippen MR) is 106 cm³/mol. The van der Waals surface area contributed by atoms with Gasteiger partial charge in [0.1, 0.15) is 18.3 Å². The van der Waals surface area contributed by atoms with Crippen molar-refractivity contribution in [2.24, 2.45) is 4.99 Å². The maximum Gasteiger partial charge on any atom is 0.416 e. The van der Waals surface area contributed by atoms with Crippen molar-refractivity contribution in [2.45, 2.75) is 25.4 Å². The van der Waals surface area contributed by atoms with E-state index < -0.39 is 11.7 Å². The molecule has 0 amide bonds. The van der Waals surface area contributed by atoms with Gasteiger partial charge in [-0.3, -0.25) is 0 Å². The quantitative estimate of drug-likeness (QED) is 0.641. The Balaban J connectivity index is 1.48. The van der Waals surface area contributed by atoms with Crippen LogP contribution in [0.2, 0.25) is 0 Å². The Labute approximate surface area is 171 Å². The molecule has 1 aromatic carbocycles. The van der Waals surface area contributed by atoms with E-state index in [0.717, 1.165) is 25.0 Å². The number of benzene rings is 1. The van der Waals surface area contributed by atoms with Crippen molar-refractivity contribution >= 4 is 11.7 Å². The Kier molecular flexibility index (Phi) is 5.65. The summed E-state index contributed by atoms with van der Waals surface area (Å²) in [7, 11) is 0. The van der Waals surface area contributed by atoms with Crippen LogP contribution < -0.4 is 0 Å². The fourth-order valence-electron chi connectivity index (χ4n) is 3.09. The molecular formula is C22H18F3N3O2. The molecule has 0 saturated heterocycles. The van der Waals surface area contributed by atoms with Crippen LogP contribution in [0.1, 0.15) is 24.8 Å². The lowest BCUT2D eigenvalue weighted by atomic mass is 10.0. The summed E-state index contributed by atoms with van der Waals surface area (Å²) in [5.74, 6) is 1.36. The molecule has 2 aliphatic rings. The molecule has 0 atom stereocenters. The van der Waals surface area contributed by atoms with Gasteiger partial charge in [-0.2, -0.15) is 18.2 Å². The summed E-state index contributed by atoms with van der Waals surface area (Å²) in [6.45, 7) is 0.169. The number of hydrogen-bond donors (Lipinski definition) is 0. The molecule has 0 N–H and O–H groups in total. The maximum absolute atomic E-state index is 12.7. The molecular weight excluding hydrogens is 395 g/mol. The highest BCUT2D eigenvalue weighted by Crippen LogP contribution is 2.31. The molecule has 0 radical (unpaired) electrons. The van der Waals surface area contributed by atoms with E-state index >= 15 is 0 Å². The van der Waals surface area contributed by atoms with E-state index in [2.05, 4.69) is 27.1 Å². The number of rotatable bonds is 4. The fraction of sp³-hybridized carbons (Fsp3) is 0.227. The first kappa shape index (κ1) is 19.9. The van der Waals surface area contributed by atoms with Gasteiger partial charge in [-0.15, -0.1) is 0 Å². The smallest absolute Gasteiger partial charge is 0.416 e. The molecule has 0 saturated carbocycles. The molecule has 1 aromatic heterocycles. The van der Waals surface area contributed by atoms with Crippen molar-refractivity contribution in [3.8, 4) is 11.3 Å². The van der Waals surface area contributed by atoms with Crippen LogP contribution in [0.4, 0.5) is 19.0 Å². The van der Waals surface area contributed by atoms with Crippen LogP contribution in [0.5, 0.6) is 0 Å². The lowest BCUT2D eigenvalue weighted by Gasteiger charge is -2.18. The van der Waals surface area contributed by atoms with Crippen molar-refractivity contribution in [2.75, 3.05) is 6.61 Å². The van der Waals surface area contributed by atoms with Gasteiger partial charge in [0, 0.05) is 18.1 Å². The lowest BCUT2D eigenvalue weighted by Crippen LogP contribution is -2.17. The summed E-state index contributed by atoms with van der Waals surface area (Å²) < 4.78 is 49.5. The largest absolute Gasteiger partial charge is 0.488 e. The average Bonchev–Trinajstić information content (AvgIpc) is 2.74. The average molecular weight is 413 g/mol. The Bertz CT molecular complexity index is 1040. The summed E-state index contributed by atoms with van der Waals surface area (Å²) >= 11 is 0. The molecule has 0 bridgehead atoms. The van der Waals surface area contributed by atoms with Crippen molar-refractivity contribution in [1.82, 2.24) is 9.97 Å². The number of nitrogens with zero attached hydrogens (tertiary/aromatic N) is 3. The number of aromatic nitrogens is 2. The Morgan fingerprint density at radius 2 is 1.93 bits per heavy atom. The predicted octanol–water partition coefficient (Wildman–Crippen LogP) is 5.75. The van der Waals surface area contributed by atoms with E-state index in [-0.39, 0.29) is 6.61 Å². The summed E-state index contributed by atoms with van der Waals surface area (Å²) in [6.07, 6.45) is 7.37. The first-order valence-corrected chi connectivity index (χ1v) is 9.38. The maximum atomic E-state index is 12.7. The van der Waals surface area contributed by atoms with Gasteiger partial charge in [0.2, 0.25) is 5.90 Å². The molecule has 5 nitrogen and oxygen atoms in total. The van der Waals surface area contributed by atoms with Gasteiger partial charge in [-0.25, -0.2) is 9.97 Å². The molecule has 0 fully saturated rings. The van der Waals surface area contributed by atoms with Gasteiger partial charge >= 0.3 is 6.18 Å². The highest BCUT2D eigenvalue weighted by atomic mass is 19.4. The monoisotopic (exact) mass is 413 g/mol. The number of aliphatic imine (C=N–C) groups is 1. The van der Waals surface area contributed by atoms with Gasteiger partial charge in [0.05, 0.1) is 11.3 Å². The van der Waals surface area contributed by atoms with Gasteiger partial charge in [-0.05, 0) is 25.0 Å². The molecule has 4 rings (SSSR count). The van der Waals surface area contributed by atoms with Crippen molar-refractivity contribution in [3.63, 3.8) is 0 Å². The van der Waals surface area contributed by atoms with Crippen LogP contribution in [0.25, 0.3) is 11.3 Å². The number of alkyl halides is 3. The Morgan fingerprint density at radius 3 is 2.67 bits per heavy atom. The van der Waals surface area contributed by atoms with E-state index in [1.807, 2.05) is 6.08 Å². The molecule has 0 spiro atoms. The molecule has 1 aliphatic carbocycles. The standard InChI is InChI=1S/C22H18F3N3O2/c23-22(24,25)17-8-6-16(7-9-17)19-11-20(27-14-26-19)28-21-13-29-12-18(30-21)10-15-4-2-1-3-5-15/h1-2,4,6-9,11-12,14H,3,5,10,13H2. The number of hydrogen-bond acceptors (Lipinski definition) is 5. The SMILES string of the molecule is FC(F)(F)c1ccc(-c2cc(N=C3COC=C(CC4=CC=CCC4)O3)ncn2)cc1. The van der Waals surface area contributed by atoms with E-state index in [4.69, 9.17) is 9.47 Å². The molecule has 2 aromatic rings. The summed E-state index contributed by atoms with van der Waals surface area (Å²) in [4.78, 5) is 12.6. The van der Waals surface area contributed by atoms with Crippen molar-refractivity contribution in [1.29, 1.82) is 0 Å². The van der Waals surface area contributed by atoms with E-state index in [0.29, 0.717) is 35.2 Å². The zero-order valence-corrected chi connectivity index (χ0v) is 15.9. The van der Waals surface area contributed by atoms with E-state index in [1.165, 1.54) is 24.0 Å². The first-order valence-electron chi connectivity index (χ1n) is 9.38. The number of halogens is 3. The van der Waals surface area contributed by atoms with Crippen molar-refractivity contribution in [3.05, 3.63) is 78.0 Å². The Morgan fingerprint density at radius 1 is 1.10 bits per heavy atom. The lowest BCUT2D eigenvalue weighted by molar-refractivity contribution is -0.137. The zero-order chi connectivity index (χ0) is 21.0. The van der Waals surface area contributed by atoms with Crippen LogP contribution in [-0.2, 0) is 15.7 Å². The molecule has 1 aliphatic heterocycles. The van der Waals surface area contributed by atoms with Crippen LogP contribution >= 0.6 is 0 Å². The second-order valence-electron chi connectivity index (χ2n) is 6.81. The molecule has 0 unspecified atom stereocenters. The third-order valence-corrected chi connectivity index (χ3v) is 4.57. The molecule has 2 heterocycles. The molecule has 154 valence electrons. The van der Waals surface area contributed by atoms with Gasteiger partial charge in [0.25, 0.3) is 0 Å². The van der Waals surface area contributed by atoms with Crippen molar-refractivity contribution < 1.29 is 22.6 Å².